The van der Waals surface area contributed by atoms with Crippen molar-refractivity contribution in [2.75, 3.05) is 18.4 Å². The molecule has 0 atom stereocenters. The maximum Gasteiger partial charge on any atom is 0.267 e. The first-order valence-corrected chi connectivity index (χ1v) is 12.3. The number of phenols is 1. The number of carbonyl (C=O) groups is 3. The van der Waals surface area contributed by atoms with Crippen LogP contribution in [-0.4, -0.2) is 61.3 Å². The Balaban J connectivity index is 1.39. The van der Waals surface area contributed by atoms with E-state index in [0.29, 0.717) is 5.65 Å². The van der Waals surface area contributed by atoms with Crippen LogP contribution in [0, 0.1) is 11.6 Å². The normalized spacial score (nSPS) is 14.3. The molecule has 2 aromatic heterocycles. The smallest absolute Gasteiger partial charge is 0.267 e. The molecule has 14 heteroatoms. The van der Waals surface area contributed by atoms with Gasteiger partial charge in [-0.05, 0) is 48.0 Å². The van der Waals surface area contributed by atoms with Crippen LogP contribution in [-0.2, 0) is 11.3 Å². The number of anilines is 1. The summed E-state index contributed by atoms with van der Waals surface area (Å²) in [5, 5.41) is 19.4. The van der Waals surface area contributed by atoms with Crippen LogP contribution in [0.1, 0.15) is 39.6 Å². The number of hydrogen-bond acceptors (Lipinski definition) is 6. The highest BCUT2D eigenvalue weighted by Crippen LogP contribution is 2.31. The number of halogens is 4. The van der Waals surface area contributed by atoms with Gasteiger partial charge in [0.05, 0.1) is 18.4 Å². The standard InChI is InChI=1S/C27H22F4N6O4/c1-14(38)33-21-12-37-22(34-21)7-5-19(35-37)18-4-6-20(39)23(24(18)29)25(40)32-11-15-10-16(28)2-3-17(15)26(41)36-9-8-27(30,31)13-36/h2-7,10,12,39H,8-9,11,13H2,1H3,(H,32,40)(H,33,38). The number of benzene rings is 2. The second kappa shape index (κ2) is 10.5. The molecule has 1 saturated heterocycles. The number of carbonyl (C=O) groups excluding carboxylic acids is 3. The van der Waals surface area contributed by atoms with Gasteiger partial charge in [-0.1, -0.05) is 0 Å². The van der Waals surface area contributed by atoms with Crippen LogP contribution in [0.5, 0.6) is 5.75 Å². The number of likely N-dealkylation sites (tertiary alicyclic amines) is 1. The fourth-order valence-corrected chi connectivity index (χ4v) is 4.51. The van der Waals surface area contributed by atoms with Crippen molar-refractivity contribution in [1.82, 2.24) is 24.8 Å². The van der Waals surface area contributed by atoms with E-state index in [9.17, 15) is 32.7 Å². The Morgan fingerprint density at radius 3 is 2.59 bits per heavy atom. The van der Waals surface area contributed by atoms with E-state index in [1.54, 1.807) is 0 Å². The molecule has 1 aliphatic heterocycles. The molecule has 3 N–H and O–H groups in total. The van der Waals surface area contributed by atoms with Crippen LogP contribution >= 0.6 is 0 Å². The number of fused-ring (bicyclic) bond motifs is 1. The molecule has 1 aliphatic rings. The molecule has 0 aliphatic carbocycles. The van der Waals surface area contributed by atoms with E-state index in [-0.39, 0.29) is 40.7 Å². The number of hydrogen-bond donors (Lipinski definition) is 3. The third kappa shape index (κ3) is 5.66. The lowest BCUT2D eigenvalue weighted by molar-refractivity contribution is -0.114. The monoisotopic (exact) mass is 570 g/mol. The van der Waals surface area contributed by atoms with Crippen molar-refractivity contribution in [3.8, 4) is 17.0 Å². The van der Waals surface area contributed by atoms with Gasteiger partial charge >= 0.3 is 0 Å². The largest absolute Gasteiger partial charge is 0.507 e. The number of aromatic hydroxyl groups is 1. The number of nitrogens with zero attached hydrogens (tertiary/aromatic N) is 4. The molecular formula is C27H22F4N6O4. The average Bonchev–Trinajstić information content (AvgIpc) is 3.48. The Labute approximate surface area is 229 Å². The quantitative estimate of drug-likeness (QED) is 0.303. The van der Waals surface area contributed by atoms with Crippen molar-refractivity contribution in [3.63, 3.8) is 0 Å². The van der Waals surface area contributed by atoms with Gasteiger partial charge in [0, 0.05) is 37.6 Å². The first kappa shape index (κ1) is 27.6. The molecule has 0 saturated carbocycles. The van der Waals surface area contributed by atoms with E-state index in [4.69, 9.17) is 0 Å². The number of rotatable bonds is 6. The SMILES string of the molecule is CC(=O)Nc1cn2nc(-c3ccc(O)c(C(=O)NCc4cc(F)ccc4C(=O)N4CCC(F)(F)C4)c3F)ccc2n1. The molecule has 10 nitrogen and oxygen atoms in total. The maximum atomic E-state index is 15.6. The Hall–Kier alpha value is -5.01. The number of alkyl halides is 2. The van der Waals surface area contributed by atoms with E-state index in [1.807, 2.05) is 0 Å². The summed E-state index contributed by atoms with van der Waals surface area (Å²) >= 11 is 0. The van der Waals surface area contributed by atoms with Gasteiger partial charge in [-0.25, -0.2) is 27.1 Å². The molecule has 3 heterocycles. The van der Waals surface area contributed by atoms with Crippen molar-refractivity contribution in [3.05, 3.63) is 77.0 Å². The van der Waals surface area contributed by atoms with Crippen molar-refractivity contribution >= 4 is 29.2 Å². The second-order valence-electron chi connectivity index (χ2n) is 9.47. The lowest BCUT2D eigenvalue weighted by Gasteiger charge is -2.19. The molecule has 0 radical (unpaired) electrons. The second-order valence-corrected chi connectivity index (χ2v) is 9.47. The van der Waals surface area contributed by atoms with E-state index in [2.05, 4.69) is 20.7 Å². The molecular weight excluding hydrogens is 548 g/mol. The van der Waals surface area contributed by atoms with Gasteiger partial charge in [-0.2, -0.15) is 5.10 Å². The molecule has 41 heavy (non-hydrogen) atoms. The summed E-state index contributed by atoms with van der Waals surface area (Å²) in [7, 11) is 0. The summed E-state index contributed by atoms with van der Waals surface area (Å²) in [5.74, 6) is -7.52. The van der Waals surface area contributed by atoms with Crippen LogP contribution in [0.4, 0.5) is 23.4 Å². The number of aromatic nitrogens is 3. The first-order chi connectivity index (χ1) is 19.4. The van der Waals surface area contributed by atoms with E-state index >= 15 is 4.39 Å². The van der Waals surface area contributed by atoms with Gasteiger partial charge in [-0.15, -0.1) is 0 Å². The van der Waals surface area contributed by atoms with Gasteiger partial charge in [0.15, 0.2) is 11.5 Å². The predicted molar refractivity (Wildman–Crippen MR) is 137 cm³/mol. The number of phenolic OH excluding ortho intramolecular Hbond substituents is 1. The zero-order chi connectivity index (χ0) is 29.5. The molecule has 0 bridgehead atoms. The Kier molecular flexibility index (Phi) is 7.07. The Morgan fingerprint density at radius 2 is 1.88 bits per heavy atom. The number of amides is 3. The number of nitrogens with one attached hydrogen (secondary N) is 2. The minimum absolute atomic E-state index is 0.0168. The topological polar surface area (TPSA) is 129 Å². The lowest BCUT2D eigenvalue weighted by atomic mass is 10.0. The van der Waals surface area contributed by atoms with Gasteiger partial charge < -0.3 is 20.6 Å². The molecule has 3 amide bonds. The van der Waals surface area contributed by atoms with Gasteiger partial charge in [-0.3, -0.25) is 14.4 Å². The van der Waals surface area contributed by atoms with E-state index < -0.39 is 60.2 Å². The summed E-state index contributed by atoms with van der Waals surface area (Å²) in [6.45, 7) is -0.123. The fraction of sp³-hybridized carbons (Fsp3) is 0.222. The highest BCUT2D eigenvalue weighted by atomic mass is 19.3. The summed E-state index contributed by atoms with van der Waals surface area (Å²) in [6.07, 6.45) is 0.910. The van der Waals surface area contributed by atoms with Crippen LogP contribution in [0.2, 0.25) is 0 Å². The Morgan fingerprint density at radius 1 is 1.10 bits per heavy atom. The van der Waals surface area contributed by atoms with Crippen molar-refractivity contribution in [2.45, 2.75) is 25.8 Å². The molecule has 5 rings (SSSR count). The predicted octanol–water partition coefficient (Wildman–Crippen LogP) is 3.75. The molecule has 4 aromatic rings. The third-order valence-electron chi connectivity index (χ3n) is 6.44. The van der Waals surface area contributed by atoms with Crippen molar-refractivity contribution < 1.29 is 37.1 Å². The lowest BCUT2D eigenvalue weighted by Crippen LogP contribution is -2.33. The fourth-order valence-electron chi connectivity index (χ4n) is 4.51. The average molecular weight is 571 g/mol. The van der Waals surface area contributed by atoms with Gasteiger partial charge in [0.1, 0.15) is 22.9 Å². The number of imidazole rings is 1. The zero-order valence-corrected chi connectivity index (χ0v) is 21.4. The van der Waals surface area contributed by atoms with Crippen LogP contribution in [0.25, 0.3) is 16.9 Å². The highest BCUT2D eigenvalue weighted by Gasteiger charge is 2.40. The van der Waals surface area contributed by atoms with E-state index in [0.717, 1.165) is 29.2 Å². The summed E-state index contributed by atoms with van der Waals surface area (Å²) in [5.41, 5.74) is -0.543. The molecule has 212 valence electrons. The summed E-state index contributed by atoms with van der Waals surface area (Å²) < 4.78 is 58.2. The van der Waals surface area contributed by atoms with E-state index in [1.165, 1.54) is 35.8 Å². The molecule has 0 unspecified atom stereocenters. The summed E-state index contributed by atoms with van der Waals surface area (Å²) in [4.78, 5) is 42.3. The Bertz CT molecular complexity index is 1710. The van der Waals surface area contributed by atoms with Crippen LogP contribution in [0.3, 0.4) is 0 Å². The molecule has 1 fully saturated rings. The zero-order valence-electron chi connectivity index (χ0n) is 21.4. The van der Waals surface area contributed by atoms with Gasteiger partial charge in [0.2, 0.25) is 5.91 Å². The molecule has 0 spiro atoms. The van der Waals surface area contributed by atoms with Gasteiger partial charge in [0.25, 0.3) is 17.7 Å². The van der Waals surface area contributed by atoms with Crippen molar-refractivity contribution in [1.29, 1.82) is 0 Å². The third-order valence-corrected chi connectivity index (χ3v) is 6.44. The van der Waals surface area contributed by atoms with Crippen LogP contribution < -0.4 is 10.6 Å². The van der Waals surface area contributed by atoms with Crippen LogP contribution in [0.15, 0.2) is 48.7 Å². The first-order valence-electron chi connectivity index (χ1n) is 12.3. The minimum Gasteiger partial charge on any atom is -0.507 e. The highest BCUT2D eigenvalue weighted by molar-refractivity contribution is 5.99. The maximum absolute atomic E-state index is 15.6. The minimum atomic E-state index is -3.03. The summed E-state index contributed by atoms with van der Waals surface area (Å²) in [6, 6.07) is 8.35. The van der Waals surface area contributed by atoms with Crippen molar-refractivity contribution in [2.24, 2.45) is 0 Å². The molecule has 2 aromatic carbocycles.